The maximum absolute atomic E-state index is 12.5. The second-order valence-electron chi connectivity index (χ2n) is 5.60. The monoisotopic (exact) mass is 263 g/mol. The largest absolute Gasteiger partial charge is 0.333 e. The summed E-state index contributed by atoms with van der Waals surface area (Å²) in [5.41, 5.74) is 0. The number of aryl methyl sites for hydroxylation is 1. The van der Waals surface area contributed by atoms with Crippen molar-refractivity contribution in [1.29, 1.82) is 0 Å². The zero-order valence-electron chi connectivity index (χ0n) is 11.5. The molecule has 19 heavy (non-hydrogen) atoms. The van der Waals surface area contributed by atoms with Gasteiger partial charge in [-0.25, -0.2) is 4.98 Å². The Labute approximate surface area is 113 Å². The molecular formula is C13H21N5O. The summed E-state index contributed by atoms with van der Waals surface area (Å²) >= 11 is 0. The molecule has 6 nitrogen and oxygen atoms in total. The van der Waals surface area contributed by atoms with E-state index in [4.69, 9.17) is 0 Å². The molecule has 0 radical (unpaired) electrons. The van der Waals surface area contributed by atoms with Gasteiger partial charge in [0.05, 0.1) is 0 Å². The molecule has 2 aliphatic rings. The van der Waals surface area contributed by atoms with Crippen LogP contribution < -0.4 is 5.32 Å². The molecule has 0 aromatic carbocycles. The van der Waals surface area contributed by atoms with Gasteiger partial charge in [0.25, 0.3) is 5.91 Å². The summed E-state index contributed by atoms with van der Waals surface area (Å²) in [6.45, 7) is 4.56. The summed E-state index contributed by atoms with van der Waals surface area (Å²) in [4.78, 5) is 18.6. The Bertz CT molecular complexity index is 459. The first-order valence-corrected chi connectivity index (χ1v) is 7.13. The van der Waals surface area contributed by atoms with Crippen LogP contribution in [0.5, 0.6) is 0 Å². The van der Waals surface area contributed by atoms with Crippen LogP contribution in [-0.2, 0) is 0 Å². The van der Waals surface area contributed by atoms with Crippen molar-refractivity contribution in [3.63, 3.8) is 0 Å². The van der Waals surface area contributed by atoms with Gasteiger partial charge in [0.2, 0.25) is 5.82 Å². The second-order valence-corrected chi connectivity index (χ2v) is 5.60. The molecule has 2 N–H and O–H groups in total. The van der Waals surface area contributed by atoms with Gasteiger partial charge in [-0.05, 0) is 39.5 Å². The maximum Gasteiger partial charge on any atom is 0.293 e. The SMILES string of the molecule is CCN(C(=O)c1n[nH]c(C)n1)C1CC2CCC(C1)N2. The van der Waals surface area contributed by atoms with E-state index < -0.39 is 0 Å². The molecule has 2 saturated heterocycles. The summed E-state index contributed by atoms with van der Waals surface area (Å²) < 4.78 is 0. The van der Waals surface area contributed by atoms with Crippen molar-refractivity contribution in [1.82, 2.24) is 25.4 Å². The van der Waals surface area contributed by atoms with Crippen LogP contribution >= 0.6 is 0 Å². The van der Waals surface area contributed by atoms with E-state index in [-0.39, 0.29) is 5.91 Å². The molecular weight excluding hydrogens is 242 g/mol. The molecule has 1 amide bonds. The van der Waals surface area contributed by atoms with Gasteiger partial charge in [-0.2, -0.15) is 0 Å². The highest BCUT2D eigenvalue weighted by molar-refractivity contribution is 5.90. The Morgan fingerprint density at radius 3 is 2.58 bits per heavy atom. The van der Waals surface area contributed by atoms with Gasteiger partial charge in [-0.3, -0.25) is 9.89 Å². The first-order chi connectivity index (χ1) is 9.17. The Kier molecular flexibility index (Phi) is 3.26. The fourth-order valence-corrected chi connectivity index (χ4v) is 3.42. The first-order valence-electron chi connectivity index (χ1n) is 7.13. The van der Waals surface area contributed by atoms with Crippen molar-refractivity contribution in [3.8, 4) is 0 Å². The first kappa shape index (κ1) is 12.6. The van der Waals surface area contributed by atoms with E-state index in [1.165, 1.54) is 12.8 Å². The molecule has 0 aliphatic carbocycles. The third-order valence-electron chi connectivity index (χ3n) is 4.28. The number of H-pyrrole nitrogens is 1. The van der Waals surface area contributed by atoms with E-state index in [0.717, 1.165) is 19.4 Å². The lowest BCUT2D eigenvalue weighted by molar-refractivity contribution is 0.0619. The highest BCUT2D eigenvalue weighted by Gasteiger charge is 2.37. The molecule has 3 rings (SSSR count). The number of nitrogens with zero attached hydrogens (tertiary/aromatic N) is 3. The van der Waals surface area contributed by atoms with Crippen molar-refractivity contribution in [2.24, 2.45) is 0 Å². The zero-order chi connectivity index (χ0) is 13.4. The van der Waals surface area contributed by atoms with Crippen LogP contribution in [0.3, 0.4) is 0 Å². The van der Waals surface area contributed by atoms with E-state index in [9.17, 15) is 4.79 Å². The quantitative estimate of drug-likeness (QED) is 0.848. The number of fused-ring (bicyclic) bond motifs is 2. The standard InChI is InChI=1S/C13H21N5O/c1-3-18(13(19)12-14-8(2)16-17-12)11-6-9-4-5-10(7-11)15-9/h9-11,15H,3-7H2,1-2H3,(H,14,16,17). The Hall–Kier alpha value is -1.43. The molecule has 2 unspecified atom stereocenters. The number of hydrogen-bond donors (Lipinski definition) is 2. The third kappa shape index (κ3) is 2.36. The average molecular weight is 263 g/mol. The Morgan fingerprint density at radius 1 is 1.37 bits per heavy atom. The van der Waals surface area contributed by atoms with Crippen LogP contribution in [0.4, 0.5) is 0 Å². The summed E-state index contributed by atoms with van der Waals surface area (Å²) in [6.07, 6.45) is 4.60. The van der Waals surface area contributed by atoms with E-state index in [1.54, 1.807) is 0 Å². The predicted octanol–water partition coefficient (Wildman–Crippen LogP) is 0.858. The van der Waals surface area contributed by atoms with Gasteiger partial charge in [0.15, 0.2) is 0 Å². The number of amides is 1. The molecule has 3 heterocycles. The van der Waals surface area contributed by atoms with Gasteiger partial charge in [0.1, 0.15) is 5.82 Å². The van der Waals surface area contributed by atoms with E-state index in [2.05, 4.69) is 20.5 Å². The van der Waals surface area contributed by atoms with Crippen LogP contribution in [0.2, 0.25) is 0 Å². The fourth-order valence-electron chi connectivity index (χ4n) is 3.42. The highest BCUT2D eigenvalue weighted by atomic mass is 16.2. The number of aromatic amines is 1. The van der Waals surface area contributed by atoms with E-state index in [0.29, 0.717) is 29.8 Å². The Balaban J connectivity index is 1.75. The lowest BCUT2D eigenvalue weighted by Crippen LogP contribution is -2.50. The van der Waals surface area contributed by atoms with E-state index in [1.807, 2.05) is 18.7 Å². The molecule has 0 spiro atoms. The molecule has 1 aromatic heterocycles. The minimum Gasteiger partial charge on any atom is -0.333 e. The number of piperidine rings is 1. The molecule has 1 aromatic rings. The number of aromatic nitrogens is 3. The number of carbonyl (C=O) groups excluding carboxylic acids is 1. The van der Waals surface area contributed by atoms with Crippen LogP contribution in [0.25, 0.3) is 0 Å². The molecule has 0 saturated carbocycles. The number of hydrogen-bond acceptors (Lipinski definition) is 4. The number of carbonyl (C=O) groups is 1. The summed E-state index contributed by atoms with van der Waals surface area (Å²) in [6, 6.07) is 1.49. The lowest BCUT2D eigenvalue weighted by atomic mass is 9.98. The summed E-state index contributed by atoms with van der Waals surface area (Å²) in [5, 5.41) is 10.3. The van der Waals surface area contributed by atoms with Crippen molar-refractivity contribution >= 4 is 5.91 Å². The van der Waals surface area contributed by atoms with Gasteiger partial charge >= 0.3 is 0 Å². The summed E-state index contributed by atoms with van der Waals surface area (Å²) in [7, 11) is 0. The minimum atomic E-state index is -0.0434. The van der Waals surface area contributed by atoms with Crippen LogP contribution in [0.1, 0.15) is 49.1 Å². The molecule has 2 atom stereocenters. The maximum atomic E-state index is 12.5. The molecule has 6 heteroatoms. The van der Waals surface area contributed by atoms with Crippen molar-refractivity contribution < 1.29 is 4.79 Å². The number of nitrogens with one attached hydrogen (secondary N) is 2. The van der Waals surface area contributed by atoms with Gasteiger partial charge in [-0.15, -0.1) is 5.10 Å². The van der Waals surface area contributed by atoms with Crippen molar-refractivity contribution in [3.05, 3.63) is 11.6 Å². The van der Waals surface area contributed by atoms with Crippen LogP contribution in [-0.4, -0.2) is 50.7 Å². The second kappa shape index (κ2) is 4.92. The lowest BCUT2D eigenvalue weighted by Gasteiger charge is -2.36. The highest BCUT2D eigenvalue weighted by Crippen LogP contribution is 2.30. The summed E-state index contributed by atoms with van der Waals surface area (Å²) in [5.74, 6) is 0.938. The normalized spacial score (nSPS) is 29.5. The topological polar surface area (TPSA) is 73.9 Å². The smallest absolute Gasteiger partial charge is 0.293 e. The van der Waals surface area contributed by atoms with Gasteiger partial charge in [-0.1, -0.05) is 0 Å². The zero-order valence-corrected chi connectivity index (χ0v) is 11.5. The molecule has 2 bridgehead atoms. The van der Waals surface area contributed by atoms with Gasteiger partial charge in [0, 0.05) is 24.7 Å². The molecule has 104 valence electrons. The van der Waals surface area contributed by atoms with Gasteiger partial charge < -0.3 is 10.2 Å². The average Bonchev–Trinajstić information content (AvgIpc) is 2.97. The minimum absolute atomic E-state index is 0.0434. The molecule has 2 fully saturated rings. The fraction of sp³-hybridized carbons (Fsp3) is 0.769. The van der Waals surface area contributed by atoms with Crippen molar-refractivity contribution in [2.75, 3.05) is 6.54 Å². The van der Waals surface area contributed by atoms with E-state index >= 15 is 0 Å². The van der Waals surface area contributed by atoms with Crippen LogP contribution in [0.15, 0.2) is 0 Å². The Morgan fingerprint density at radius 2 is 2.05 bits per heavy atom. The van der Waals surface area contributed by atoms with Crippen molar-refractivity contribution in [2.45, 2.75) is 57.7 Å². The third-order valence-corrected chi connectivity index (χ3v) is 4.28. The van der Waals surface area contributed by atoms with Crippen LogP contribution in [0, 0.1) is 6.92 Å². The number of rotatable bonds is 3. The predicted molar refractivity (Wildman–Crippen MR) is 70.8 cm³/mol. The molecule has 2 aliphatic heterocycles.